The predicted molar refractivity (Wildman–Crippen MR) is 78.2 cm³/mol. The third-order valence-corrected chi connectivity index (χ3v) is 4.84. The lowest BCUT2D eigenvalue weighted by Gasteiger charge is -2.40. The van der Waals surface area contributed by atoms with Crippen LogP contribution in [-0.2, 0) is 0 Å². The Morgan fingerprint density at radius 3 is 2.00 bits per heavy atom. The Labute approximate surface area is 117 Å². The number of nitrogens with zero attached hydrogens (tertiary/aromatic N) is 3. The van der Waals surface area contributed by atoms with Gasteiger partial charge in [0.2, 0.25) is 0 Å². The van der Waals surface area contributed by atoms with Crippen LogP contribution >= 0.6 is 0 Å². The molecule has 0 aromatic carbocycles. The number of hydrogen-bond acceptors (Lipinski definition) is 2. The molecule has 0 aromatic rings. The van der Waals surface area contributed by atoms with Crippen molar-refractivity contribution in [2.75, 3.05) is 45.8 Å². The summed E-state index contributed by atoms with van der Waals surface area (Å²) >= 11 is 0. The standard InChI is InChI=1S/C15H29N3O/c1-4-16-9-11-18(12-10-16)15(19)17-7-5-14(6-8-17)13(2)3/h13-14H,4-12H2,1-3H3. The lowest BCUT2D eigenvalue weighted by atomic mass is 9.87. The molecular formula is C15H29N3O. The second-order valence-corrected chi connectivity index (χ2v) is 6.27. The van der Waals surface area contributed by atoms with Gasteiger partial charge in [-0.25, -0.2) is 4.79 Å². The third-order valence-electron chi connectivity index (χ3n) is 4.84. The molecule has 2 fully saturated rings. The molecule has 2 amide bonds. The molecule has 4 heteroatoms. The molecule has 0 bridgehead atoms. The number of rotatable bonds is 2. The average Bonchev–Trinajstić information content (AvgIpc) is 2.46. The van der Waals surface area contributed by atoms with E-state index in [1.54, 1.807) is 0 Å². The summed E-state index contributed by atoms with van der Waals surface area (Å²) in [5, 5.41) is 0. The van der Waals surface area contributed by atoms with Crippen LogP contribution in [0.3, 0.4) is 0 Å². The summed E-state index contributed by atoms with van der Waals surface area (Å²) in [5.74, 6) is 1.56. The largest absolute Gasteiger partial charge is 0.325 e. The number of likely N-dealkylation sites (N-methyl/N-ethyl adjacent to an activating group) is 1. The molecule has 2 saturated heterocycles. The monoisotopic (exact) mass is 267 g/mol. The topological polar surface area (TPSA) is 26.8 Å². The van der Waals surface area contributed by atoms with Gasteiger partial charge in [-0.2, -0.15) is 0 Å². The lowest BCUT2D eigenvalue weighted by molar-refractivity contribution is 0.0981. The van der Waals surface area contributed by atoms with Gasteiger partial charge in [-0.3, -0.25) is 0 Å². The van der Waals surface area contributed by atoms with Crippen LogP contribution in [0.1, 0.15) is 33.6 Å². The van der Waals surface area contributed by atoms with Crippen LogP contribution < -0.4 is 0 Å². The van der Waals surface area contributed by atoms with Crippen molar-refractivity contribution in [2.24, 2.45) is 11.8 Å². The normalized spacial score (nSPS) is 23.2. The van der Waals surface area contributed by atoms with Crippen molar-refractivity contribution in [1.29, 1.82) is 0 Å². The van der Waals surface area contributed by atoms with Gasteiger partial charge in [0.1, 0.15) is 0 Å². The second-order valence-electron chi connectivity index (χ2n) is 6.27. The molecule has 2 rings (SSSR count). The van der Waals surface area contributed by atoms with E-state index in [1.807, 2.05) is 4.90 Å². The Morgan fingerprint density at radius 2 is 1.53 bits per heavy atom. The van der Waals surface area contributed by atoms with E-state index in [2.05, 4.69) is 30.6 Å². The molecule has 0 aliphatic carbocycles. The number of piperidine rings is 1. The molecule has 19 heavy (non-hydrogen) atoms. The summed E-state index contributed by atoms with van der Waals surface area (Å²) in [5.41, 5.74) is 0. The number of carbonyl (C=O) groups is 1. The van der Waals surface area contributed by atoms with Gasteiger partial charge < -0.3 is 14.7 Å². The fourth-order valence-corrected chi connectivity index (χ4v) is 3.21. The first-order valence-electron chi connectivity index (χ1n) is 7.88. The minimum absolute atomic E-state index is 0.276. The van der Waals surface area contributed by atoms with Crippen molar-refractivity contribution in [3.63, 3.8) is 0 Å². The van der Waals surface area contributed by atoms with Gasteiger partial charge in [-0.05, 0) is 31.2 Å². The molecular weight excluding hydrogens is 238 g/mol. The van der Waals surface area contributed by atoms with Crippen LogP contribution in [0.15, 0.2) is 0 Å². The molecule has 0 aromatic heterocycles. The molecule has 0 atom stereocenters. The molecule has 110 valence electrons. The van der Waals surface area contributed by atoms with Gasteiger partial charge >= 0.3 is 6.03 Å². The van der Waals surface area contributed by atoms with E-state index in [0.717, 1.165) is 57.6 Å². The molecule has 0 N–H and O–H groups in total. The van der Waals surface area contributed by atoms with Crippen molar-refractivity contribution in [3.05, 3.63) is 0 Å². The molecule has 0 saturated carbocycles. The number of amides is 2. The Morgan fingerprint density at radius 1 is 1.00 bits per heavy atom. The highest BCUT2D eigenvalue weighted by Gasteiger charge is 2.28. The minimum Gasteiger partial charge on any atom is -0.325 e. The van der Waals surface area contributed by atoms with Crippen molar-refractivity contribution < 1.29 is 4.79 Å². The summed E-state index contributed by atoms with van der Waals surface area (Å²) in [6, 6.07) is 0.276. The zero-order chi connectivity index (χ0) is 13.8. The number of piperazine rings is 1. The maximum absolute atomic E-state index is 12.5. The first-order valence-corrected chi connectivity index (χ1v) is 7.88. The number of likely N-dealkylation sites (tertiary alicyclic amines) is 1. The predicted octanol–water partition coefficient (Wildman–Crippen LogP) is 2.11. The summed E-state index contributed by atoms with van der Waals surface area (Å²) in [4.78, 5) is 19.0. The quantitative estimate of drug-likeness (QED) is 0.766. The van der Waals surface area contributed by atoms with Crippen molar-refractivity contribution in [1.82, 2.24) is 14.7 Å². The summed E-state index contributed by atoms with van der Waals surface area (Å²) in [6.45, 7) is 13.7. The van der Waals surface area contributed by atoms with Crippen molar-refractivity contribution in [3.8, 4) is 0 Å². The van der Waals surface area contributed by atoms with Crippen LogP contribution in [0.25, 0.3) is 0 Å². The molecule has 2 aliphatic rings. The van der Waals surface area contributed by atoms with Gasteiger partial charge in [-0.15, -0.1) is 0 Å². The van der Waals surface area contributed by atoms with Crippen LogP contribution in [0.5, 0.6) is 0 Å². The Kier molecular flexibility index (Phi) is 5.08. The van der Waals surface area contributed by atoms with E-state index in [0.29, 0.717) is 0 Å². The van der Waals surface area contributed by atoms with E-state index in [1.165, 1.54) is 12.8 Å². The fraction of sp³-hybridized carbons (Fsp3) is 0.933. The zero-order valence-corrected chi connectivity index (χ0v) is 12.8. The van der Waals surface area contributed by atoms with Gasteiger partial charge in [-0.1, -0.05) is 20.8 Å². The number of carbonyl (C=O) groups excluding carboxylic acids is 1. The average molecular weight is 267 g/mol. The molecule has 2 aliphatic heterocycles. The highest BCUT2D eigenvalue weighted by molar-refractivity contribution is 5.74. The first-order chi connectivity index (χ1) is 9.11. The second kappa shape index (κ2) is 6.60. The van der Waals surface area contributed by atoms with Crippen LogP contribution in [0, 0.1) is 11.8 Å². The van der Waals surface area contributed by atoms with E-state index < -0.39 is 0 Å². The fourth-order valence-electron chi connectivity index (χ4n) is 3.21. The maximum atomic E-state index is 12.5. The van der Waals surface area contributed by atoms with Crippen molar-refractivity contribution in [2.45, 2.75) is 33.6 Å². The van der Waals surface area contributed by atoms with Crippen molar-refractivity contribution >= 4 is 6.03 Å². The third kappa shape index (κ3) is 3.62. The molecule has 0 radical (unpaired) electrons. The smallest absolute Gasteiger partial charge is 0.320 e. The number of urea groups is 1. The molecule has 4 nitrogen and oxygen atoms in total. The van der Waals surface area contributed by atoms with Gasteiger partial charge in [0, 0.05) is 39.3 Å². The zero-order valence-electron chi connectivity index (χ0n) is 12.8. The van der Waals surface area contributed by atoms with E-state index in [-0.39, 0.29) is 6.03 Å². The van der Waals surface area contributed by atoms with Crippen LogP contribution in [-0.4, -0.2) is 66.5 Å². The summed E-state index contributed by atoms with van der Waals surface area (Å²) in [6.07, 6.45) is 2.36. The van der Waals surface area contributed by atoms with Crippen LogP contribution in [0.2, 0.25) is 0 Å². The Hall–Kier alpha value is -0.770. The van der Waals surface area contributed by atoms with E-state index in [4.69, 9.17) is 0 Å². The Balaban J connectivity index is 1.78. The Bertz CT molecular complexity index is 290. The lowest BCUT2D eigenvalue weighted by Crippen LogP contribution is -2.54. The van der Waals surface area contributed by atoms with Gasteiger partial charge in [0.25, 0.3) is 0 Å². The minimum atomic E-state index is 0.276. The molecule has 2 heterocycles. The van der Waals surface area contributed by atoms with Crippen LogP contribution in [0.4, 0.5) is 4.79 Å². The molecule has 0 unspecified atom stereocenters. The number of hydrogen-bond donors (Lipinski definition) is 0. The van der Waals surface area contributed by atoms with Gasteiger partial charge in [0.15, 0.2) is 0 Å². The SMILES string of the molecule is CCN1CCN(C(=O)N2CCC(C(C)C)CC2)CC1. The maximum Gasteiger partial charge on any atom is 0.320 e. The van der Waals surface area contributed by atoms with Gasteiger partial charge in [0.05, 0.1) is 0 Å². The van der Waals surface area contributed by atoms with E-state index >= 15 is 0 Å². The highest BCUT2D eigenvalue weighted by Crippen LogP contribution is 2.25. The molecule has 0 spiro atoms. The summed E-state index contributed by atoms with van der Waals surface area (Å²) in [7, 11) is 0. The first kappa shape index (κ1) is 14.6. The van der Waals surface area contributed by atoms with E-state index in [9.17, 15) is 4.79 Å². The summed E-state index contributed by atoms with van der Waals surface area (Å²) < 4.78 is 0. The highest BCUT2D eigenvalue weighted by atomic mass is 16.2.